The number of nitrogens with two attached hydrogens (primary N) is 1. The van der Waals surface area contributed by atoms with E-state index in [1.54, 1.807) is 6.07 Å². The van der Waals surface area contributed by atoms with E-state index < -0.39 is 0 Å². The van der Waals surface area contributed by atoms with Crippen molar-refractivity contribution in [3.63, 3.8) is 0 Å². The van der Waals surface area contributed by atoms with Gasteiger partial charge in [-0.3, -0.25) is 0 Å². The minimum atomic E-state index is 0.564. The van der Waals surface area contributed by atoms with E-state index in [2.05, 4.69) is 10.3 Å². The van der Waals surface area contributed by atoms with Gasteiger partial charge in [-0.1, -0.05) is 0 Å². The lowest BCUT2D eigenvalue weighted by Crippen LogP contribution is -2.09. The SMILES string of the molecule is Nc1ccc2nc(NCCC3CCOC3)oc2c1. The first-order valence-corrected chi connectivity index (χ1v) is 6.29. The maximum Gasteiger partial charge on any atom is 0.295 e. The van der Waals surface area contributed by atoms with Crippen molar-refractivity contribution in [1.82, 2.24) is 4.98 Å². The number of oxazole rings is 1. The molecule has 5 heteroatoms. The molecule has 2 aromatic rings. The molecule has 2 heterocycles. The summed E-state index contributed by atoms with van der Waals surface area (Å²) in [4.78, 5) is 4.35. The zero-order valence-electron chi connectivity index (χ0n) is 10.2. The Hall–Kier alpha value is -1.75. The van der Waals surface area contributed by atoms with Crippen LogP contribution in [0.15, 0.2) is 22.6 Å². The highest BCUT2D eigenvalue weighted by Crippen LogP contribution is 2.21. The van der Waals surface area contributed by atoms with Crippen molar-refractivity contribution in [1.29, 1.82) is 0 Å². The molecule has 5 nitrogen and oxygen atoms in total. The Morgan fingerprint density at radius 2 is 2.39 bits per heavy atom. The van der Waals surface area contributed by atoms with E-state index in [0.717, 1.165) is 43.7 Å². The molecule has 0 saturated carbocycles. The molecule has 18 heavy (non-hydrogen) atoms. The van der Waals surface area contributed by atoms with Crippen LogP contribution in [0.5, 0.6) is 0 Å². The van der Waals surface area contributed by atoms with Crippen molar-refractivity contribution >= 4 is 22.8 Å². The number of ether oxygens (including phenoxy) is 1. The van der Waals surface area contributed by atoms with Gasteiger partial charge in [-0.2, -0.15) is 4.98 Å². The van der Waals surface area contributed by atoms with Crippen LogP contribution in [-0.2, 0) is 4.74 Å². The van der Waals surface area contributed by atoms with Crippen LogP contribution in [0.4, 0.5) is 11.7 Å². The second-order valence-corrected chi connectivity index (χ2v) is 4.69. The lowest BCUT2D eigenvalue weighted by molar-refractivity contribution is 0.185. The van der Waals surface area contributed by atoms with Crippen molar-refractivity contribution < 1.29 is 9.15 Å². The Kier molecular flexibility index (Phi) is 3.06. The van der Waals surface area contributed by atoms with Gasteiger partial charge in [0.15, 0.2) is 5.58 Å². The minimum Gasteiger partial charge on any atom is -0.423 e. The average molecular weight is 247 g/mol. The van der Waals surface area contributed by atoms with Crippen LogP contribution < -0.4 is 11.1 Å². The molecule has 1 saturated heterocycles. The lowest BCUT2D eigenvalue weighted by atomic mass is 10.1. The zero-order valence-corrected chi connectivity index (χ0v) is 10.2. The number of anilines is 2. The van der Waals surface area contributed by atoms with Crippen LogP contribution in [0.3, 0.4) is 0 Å². The van der Waals surface area contributed by atoms with Crippen LogP contribution in [-0.4, -0.2) is 24.7 Å². The Labute approximate surface area is 105 Å². The number of hydrogen-bond acceptors (Lipinski definition) is 5. The third kappa shape index (κ3) is 2.41. The second kappa shape index (κ2) is 4.86. The van der Waals surface area contributed by atoms with Crippen LogP contribution >= 0.6 is 0 Å². The van der Waals surface area contributed by atoms with Crippen LogP contribution in [0, 0.1) is 5.92 Å². The van der Waals surface area contributed by atoms with Crippen LogP contribution in [0.25, 0.3) is 11.1 Å². The van der Waals surface area contributed by atoms with Gasteiger partial charge in [-0.15, -0.1) is 0 Å². The highest BCUT2D eigenvalue weighted by Gasteiger charge is 2.15. The molecule has 0 aliphatic carbocycles. The highest BCUT2D eigenvalue weighted by atomic mass is 16.5. The summed E-state index contributed by atoms with van der Waals surface area (Å²) in [6.45, 7) is 2.63. The molecule has 1 atom stereocenters. The van der Waals surface area contributed by atoms with Gasteiger partial charge in [-0.25, -0.2) is 0 Å². The molecule has 1 fully saturated rings. The van der Waals surface area contributed by atoms with Gasteiger partial charge in [0.25, 0.3) is 6.01 Å². The Morgan fingerprint density at radius 1 is 1.44 bits per heavy atom. The molecule has 1 aliphatic heterocycles. The summed E-state index contributed by atoms with van der Waals surface area (Å²) in [6.07, 6.45) is 2.24. The Bertz CT molecular complexity index is 532. The number of aromatic nitrogens is 1. The molecule has 0 spiro atoms. The molecular weight excluding hydrogens is 230 g/mol. The fourth-order valence-corrected chi connectivity index (χ4v) is 2.21. The van der Waals surface area contributed by atoms with Crippen molar-refractivity contribution in [2.45, 2.75) is 12.8 Å². The molecule has 1 aromatic heterocycles. The molecule has 1 aromatic carbocycles. The van der Waals surface area contributed by atoms with E-state index in [0.29, 0.717) is 17.6 Å². The van der Waals surface area contributed by atoms with Crippen LogP contribution in [0.1, 0.15) is 12.8 Å². The molecule has 1 unspecified atom stereocenters. The highest BCUT2D eigenvalue weighted by molar-refractivity contribution is 5.77. The normalized spacial score (nSPS) is 19.4. The number of nitrogen functional groups attached to an aromatic ring is 1. The van der Waals surface area contributed by atoms with Crippen molar-refractivity contribution in [3.8, 4) is 0 Å². The Balaban J connectivity index is 1.60. The van der Waals surface area contributed by atoms with Gasteiger partial charge < -0.3 is 20.2 Å². The molecule has 0 radical (unpaired) electrons. The number of hydrogen-bond donors (Lipinski definition) is 2. The number of nitrogens with one attached hydrogen (secondary N) is 1. The third-order valence-corrected chi connectivity index (χ3v) is 3.27. The fraction of sp³-hybridized carbons (Fsp3) is 0.462. The van der Waals surface area contributed by atoms with E-state index in [4.69, 9.17) is 14.9 Å². The standard InChI is InChI=1S/C13H17N3O2/c14-10-1-2-11-12(7-10)18-13(16-11)15-5-3-9-4-6-17-8-9/h1-2,7,9H,3-6,8,14H2,(H,15,16). The molecular formula is C13H17N3O2. The fourth-order valence-electron chi connectivity index (χ4n) is 2.21. The Morgan fingerprint density at radius 3 is 3.22 bits per heavy atom. The molecule has 1 aliphatic rings. The number of benzene rings is 1. The van der Waals surface area contributed by atoms with Gasteiger partial charge in [0.2, 0.25) is 0 Å². The predicted molar refractivity (Wildman–Crippen MR) is 70.5 cm³/mol. The summed E-state index contributed by atoms with van der Waals surface area (Å²) in [5, 5.41) is 3.21. The van der Waals surface area contributed by atoms with E-state index in [-0.39, 0.29) is 0 Å². The first kappa shape index (κ1) is 11.3. The van der Waals surface area contributed by atoms with Gasteiger partial charge in [0.1, 0.15) is 5.52 Å². The molecule has 3 rings (SSSR count). The zero-order chi connectivity index (χ0) is 12.4. The smallest absolute Gasteiger partial charge is 0.295 e. The summed E-state index contributed by atoms with van der Waals surface area (Å²) in [6, 6.07) is 6.04. The summed E-state index contributed by atoms with van der Waals surface area (Å²) in [7, 11) is 0. The van der Waals surface area contributed by atoms with Crippen molar-refractivity contribution in [2.75, 3.05) is 30.8 Å². The summed E-state index contributed by atoms with van der Waals surface area (Å²) in [5.74, 6) is 0.664. The predicted octanol–water partition coefficient (Wildman–Crippen LogP) is 2.25. The second-order valence-electron chi connectivity index (χ2n) is 4.69. The van der Waals surface area contributed by atoms with Crippen molar-refractivity contribution in [2.24, 2.45) is 5.92 Å². The lowest BCUT2D eigenvalue weighted by Gasteiger charge is -2.06. The molecule has 96 valence electrons. The quantitative estimate of drug-likeness (QED) is 0.811. The monoisotopic (exact) mass is 247 g/mol. The average Bonchev–Trinajstić information content (AvgIpc) is 2.97. The maximum absolute atomic E-state index is 5.69. The van der Waals surface area contributed by atoms with Gasteiger partial charge in [0, 0.05) is 31.5 Å². The van der Waals surface area contributed by atoms with Gasteiger partial charge >= 0.3 is 0 Å². The molecule has 0 amide bonds. The summed E-state index contributed by atoms with van der Waals surface area (Å²) < 4.78 is 10.9. The minimum absolute atomic E-state index is 0.564. The van der Waals surface area contributed by atoms with E-state index in [1.165, 1.54) is 0 Å². The van der Waals surface area contributed by atoms with E-state index in [1.807, 2.05) is 12.1 Å². The summed E-state index contributed by atoms with van der Waals surface area (Å²) in [5.41, 5.74) is 7.94. The number of nitrogens with zero attached hydrogens (tertiary/aromatic N) is 1. The molecule has 3 N–H and O–H groups in total. The number of fused-ring (bicyclic) bond motifs is 1. The molecule has 0 bridgehead atoms. The first-order valence-electron chi connectivity index (χ1n) is 6.29. The largest absolute Gasteiger partial charge is 0.423 e. The van der Waals surface area contributed by atoms with E-state index in [9.17, 15) is 0 Å². The topological polar surface area (TPSA) is 73.3 Å². The summed E-state index contributed by atoms with van der Waals surface area (Å²) >= 11 is 0. The van der Waals surface area contributed by atoms with Gasteiger partial charge in [0.05, 0.1) is 0 Å². The third-order valence-electron chi connectivity index (χ3n) is 3.27. The maximum atomic E-state index is 5.69. The van der Waals surface area contributed by atoms with Crippen molar-refractivity contribution in [3.05, 3.63) is 18.2 Å². The van der Waals surface area contributed by atoms with E-state index >= 15 is 0 Å². The van der Waals surface area contributed by atoms with Gasteiger partial charge in [-0.05, 0) is 30.9 Å². The van der Waals surface area contributed by atoms with Crippen LogP contribution in [0.2, 0.25) is 0 Å². The number of rotatable bonds is 4. The first-order chi connectivity index (χ1) is 8.81.